The monoisotopic (exact) mass is 495 g/mol. The molecule has 0 unspecified atom stereocenters. The summed E-state index contributed by atoms with van der Waals surface area (Å²) in [5.41, 5.74) is 5.89. The number of anilines is 1. The van der Waals surface area contributed by atoms with E-state index in [0.29, 0.717) is 17.9 Å². The molecule has 0 spiro atoms. The molecule has 1 aliphatic rings. The Morgan fingerprint density at radius 2 is 1.75 bits per heavy atom. The summed E-state index contributed by atoms with van der Waals surface area (Å²) in [7, 11) is 0. The molecule has 4 aromatic rings. The summed E-state index contributed by atoms with van der Waals surface area (Å²) in [6.07, 6.45) is -5.47. The number of hydrogen-bond acceptors (Lipinski definition) is 9. The minimum Gasteiger partial charge on any atom is -0.489 e. The first-order valence-corrected chi connectivity index (χ1v) is 11.3. The molecule has 12 nitrogen and oxygen atoms in total. The lowest BCUT2D eigenvalue weighted by Gasteiger charge is -2.15. The van der Waals surface area contributed by atoms with Gasteiger partial charge in [0.15, 0.2) is 17.4 Å². The largest absolute Gasteiger partial charge is 0.489 e. The van der Waals surface area contributed by atoms with Crippen LogP contribution >= 0.6 is 0 Å². The van der Waals surface area contributed by atoms with Crippen LogP contribution in [0.3, 0.4) is 0 Å². The third kappa shape index (κ3) is 4.27. The van der Waals surface area contributed by atoms with Gasteiger partial charge in [-0.25, -0.2) is 9.36 Å². The van der Waals surface area contributed by atoms with Crippen molar-refractivity contribution in [2.24, 2.45) is 0 Å². The molecule has 1 saturated heterocycles. The predicted molar refractivity (Wildman–Crippen MR) is 128 cm³/mol. The van der Waals surface area contributed by atoms with Crippen LogP contribution in [-0.2, 0) is 17.9 Å². The molecule has 188 valence electrons. The molecule has 0 saturated carbocycles. The van der Waals surface area contributed by atoms with Crippen LogP contribution in [0.1, 0.15) is 17.4 Å². The molecule has 0 radical (unpaired) electrons. The Balaban J connectivity index is 1.47. The molecule has 2 aromatic heterocycles. The first kappa shape index (κ1) is 23.8. The van der Waals surface area contributed by atoms with E-state index in [1.165, 1.54) is 4.57 Å². The van der Waals surface area contributed by atoms with Crippen LogP contribution in [-0.4, -0.2) is 59.3 Å². The molecule has 2 aromatic carbocycles. The van der Waals surface area contributed by atoms with Gasteiger partial charge in [0, 0.05) is 0 Å². The van der Waals surface area contributed by atoms with Gasteiger partial charge in [-0.3, -0.25) is 14.3 Å². The molecular weight excluding hydrogens is 470 g/mol. The number of nitrogen functional groups attached to an aromatic ring is 1. The normalized spacial score (nSPS) is 21.8. The summed E-state index contributed by atoms with van der Waals surface area (Å²) in [5, 5.41) is 30.1. The Kier molecular flexibility index (Phi) is 6.33. The van der Waals surface area contributed by atoms with Crippen molar-refractivity contribution in [3.8, 4) is 5.75 Å². The number of imidazole rings is 1. The van der Waals surface area contributed by atoms with Crippen LogP contribution in [0, 0.1) is 0 Å². The summed E-state index contributed by atoms with van der Waals surface area (Å²) in [5.74, 6) is 0.404. The second-order valence-electron chi connectivity index (χ2n) is 8.51. The minimum atomic E-state index is -1.54. The van der Waals surface area contributed by atoms with Gasteiger partial charge in [-0.05, 0) is 23.3 Å². The van der Waals surface area contributed by atoms with E-state index in [9.17, 15) is 24.9 Å². The van der Waals surface area contributed by atoms with E-state index in [-0.39, 0.29) is 23.7 Å². The SMILES string of the molecule is Nc1nc2c(c(=O)[nH]1)n(Cc1ccc(OCc3ccccc3)cc1)c(=O)n2[C@@H]1O[C@H](CO)[C@@H](O)[C@H]1O. The molecular formula is C24H25N5O7. The van der Waals surface area contributed by atoms with Crippen molar-refractivity contribution in [2.45, 2.75) is 37.7 Å². The van der Waals surface area contributed by atoms with Crippen molar-refractivity contribution in [3.05, 3.63) is 86.6 Å². The number of nitrogens with two attached hydrogens (primary N) is 1. The van der Waals surface area contributed by atoms with Crippen LogP contribution in [0.25, 0.3) is 11.2 Å². The smallest absolute Gasteiger partial charge is 0.333 e. The fourth-order valence-electron chi connectivity index (χ4n) is 4.28. The van der Waals surface area contributed by atoms with Gasteiger partial charge in [-0.15, -0.1) is 0 Å². The molecule has 0 bridgehead atoms. The quantitative estimate of drug-likeness (QED) is 0.230. The number of ether oxygens (including phenoxy) is 2. The third-order valence-electron chi connectivity index (χ3n) is 6.11. The van der Waals surface area contributed by atoms with Crippen molar-refractivity contribution in [1.82, 2.24) is 19.1 Å². The zero-order chi connectivity index (χ0) is 25.4. The number of hydrogen-bond donors (Lipinski definition) is 5. The fourth-order valence-corrected chi connectivity index (χ4v) is 4.28. The van der Waals surface area contributed by atoms with Gasteiger partial charge < -0.3 is 30.5 Å². The van der Waals surface area contributed by atoms with Crippen LogP contribution in [0.5, 0.6) is 5.75 Å². The van der Waals surface area contributed by atoms with Gasteiger partial charge in [0.05, 0.1) is 13.2 Å². The summed E-state index contributed by atoms with van der Waals surface area (Å²) in [6.45, 7) is -0.165. The highest BCUT2D eigenvalue weighted by molar-refractivity contribution is 5.72. The number of aromatic amines is 1. The Morgan fingerprint density at radius 3 is 2.42 bits per heavy atom. The van der Waals surface area contributed by atoms with Crippen LogP contribution in [0.4, 0.5) is 5.95 Å². The van der Waals surface area contributed by atoms with Gasteiger partial charge in [0.1, 0.15) is 30.7 Å². The summed E-state index contributed by atoms with van der Waals surface area (Å²) >= 11 is 0. The van der Waals surface area contributed by atoms with Crippen LogP contribution < -0.4 is 21.7 Å². The number of rotatable bonds is 7. The Bertz CT molecular complexity index is 1480. The summed E-state index contributed by atoms with van der Waals surface area (Å²) in [6, 6.07) is 16.8. The number of aromatic nitrogens is 4. The number of fused-ring (bicyclic) bond motifs is 1. The lowest BCUT2D eigenvalue weighted by atomic mass is 10.1. The molecule has 0 amide bonds. The Hall–Kier alpha value is -3.97. The van der Waals surface area contributed by atoms with E-state index in [4.69, 9.17) is 15.2 Å². The minimum absolute atomic E-state index is 0.00474. The molecule has 4 atom stereocenters. The van der Waals surface area contributed by atoms with Crippen LogP contribution in [0.2, 0.25) is 0 Å². The molecule has 1 aliphatic heterocycles. The lowest BCUT2D eigenvalue weighted by Crippen LogP contribution is -2.36. The maximum atomic E-state index is 13.4. The number of benzene rings is 2. The predicted octanol–water partition coefficient (Wildman–Crippen LogP) is -0.293. The molecule has 6 N–H and O–H groups in total. The Labute approximate surface area is 203 Å². The lowest BCUT2D eigenvalue weighted by molar-refractivity contribution is -0.0527. The second kappa shape index (κ2) is 9.59. The van der Waals surface area contributed by atoms with E-state index in [0.717, 1.165) is 10.1 Å². The van der Waals surface area contributed by atoms with E-state index in [1.807, 2.05) is 30.3 Å². The molecule has 0 aliphatic carbocycles. The van der Waals surface area contributed by atoms with E-state index in [2.05, 4.69) is 9.97 Å². The third-order valence-corrected chi connectivity index (χ3v) is 6.11. The molecule has 36 heavy (non-hydrogen) atoms. The fraction of sp³-hybridized carbons (Fsp3) is 0.292. The molecule has 5 rings (SSSR count). The molecule has 1 fully saturated rings. The van der Waals surface area contributed by atoms with Crippen molar-refractivity contribution < 1.29 is 24.8 Å². The number of aliphatic hydroxyl groups is 3. The zero-order valence-electron chi connectivity index (χ0n) is 19.0. The van der Waals surface area contributed by atoms with Crippen molar-refractivity contribution in [2.75, 3.05) is 12.3 Å². The maximum Gasteiger partial charge on any atom is 0.333 e. The van der Waals surface area contributed by atoms with E-state index >= 15 is 0 Å². The highest BCUT2D eigenvalue weighted by Gasteiger charge is 2.45. The standard InChI is InChI=1S/C24H25N5O7/c25-23-26-20-17(21(33)27-23)28(24(34)29(20)22-19(32)18(31)16(11-30)36-22)10-13-6-8-15(9-7-13)35-12-14-4-2-1-3-5-14/h1-9,16,18-19,22,30-32H,10-12H2,(H3,25,26,27,33)/t16-,18-,19-,22-/m1/s1. The van der Waals surface area contributed by atoms with Gasteiger partial charge in [-0.2, -0.15) is 4.98 Å². The molecule has 3 heterocycles. The topological polar surface area (TPSA) is 178 Å². The van der Waals surface area contributed by atoms with Gasteiger partial charge in [0.25, 0.3) is 5.56 Å². The number of nitrogens with one attached hydrogen (secondary N) is 1. The van der Waals surface area contributed by atoms with Crippen molar-refractivity contribution in [3.63, 3.8) is 0 Å². The summed E-state index contributed by atoms with van der Waals surface area (Å²) < 4.78 is 13.5. The van der Waals surface area contributed by atoms with Crippen molar-refractivity contribution in [1.29, 1.82) is 0 Å². The highest BCUT2D eigenvalue weighted by atomic mass is 16.6. The number of H-pyrrole nitrogens is 1. The Morgan fingerprint density at radius 1 is 1.03 bits per heavy atom. The number of aliphatic hydroxyl groups excluding tert-OH is 3. The van der Waals surface area contributed by atoms with Crippen molar-refractivity contribution >= 4 is 17.1 Å². The van der Waals surface area contributed by atoms with Gasteiger partial charge in [-0.1, -0.05) is 42.5 Å². The first-order valence-electron chi connectivity index (χ1n) is 11.3. The average molecular weight is 495 g/mol. The van der Waals surface area contributed by atoms with Gasteiger partial charge >= 0.3 is 5.69 Å². The van der Waals surface area contributed by atoms with E-state index in [1.54, 1.807) is 24.3 Å². The second-order valence-corrected chi connectivity index (χ2v) is 8.51. The zero-order valence-corrected chi connectivity index (χ0v) is 19.0. The van der Waals surface area contributed by atoms with E-state index < -0.39 is 42.4 Å². The van der Waals surface area contributed by atoms with Crippen LogP contribution in [0.15, 0.2) is 64.2 Å². The highest BCUT2D eigenvalue weighted by Crippen LogP contribution is 2.30. The van der Waals surface area contributed by atoms with Gasteiger partial charge in [0.2, 0.25) is 5.95 Å². The first-order chi connectivity index (χ1) is 17.4. The summed E-state index contributed by atoms with van der Waals surface area (Å²) in [4.78, 5) is 32.7. The maximum absolute atomic E-state index is 13.4. The number of nitrogens with zero attached hydrogens (tertiary/aromatic N) is 3. The average Bonchev–Trinajstić information content (AvgIpc) is 3.31. The molecule has 12 heteroatoms.